The molecular weight excluding hydrogens is 989 g/mol. The smallest absolute Gasteiger partial charge is 0.295 e. The standard InChI is InChI=1S/C36H34N10O16S5/c47-61-62-63-28-10-6-25(7-11-28)44-46-27-9-13-31(32(20-27)60-15-1-16-64(48,49)50)39-36-41-34(37-14-17-65(51,52)53)40-35(42-36)38-23-2-4-24(5-3-23)43-45-26-8-12-30-22(18-26)19-29(66(54,55)56)21-33(30)67(57,58)59/h2-13,18-21,47H,1,14-17H2,(H,48,49,50)(H,51,52,53)(H,54,55,56)(H,57,58,59)(H3,37,38,39,40,41,42). The van der Waals surface area contributed by atoms with Crippen molar-refractivity contribution in [2.45, 2.75) is 21.1 Å². The normalized spacial score (nSPS) is 12.5. The predicted octanol–water partition coefficient (Wildman–Crippen LogP) is 7.22. The molecule has 0 saturated carbocycles. The van der Waals surface area contributed by atoms with E-state index in [1.165, 1.54) is 42.5 Å². The summed E-state index contributed by atoms with van der Waals surface area (Å²) >= 11 is 0.751. The van der Waals surface area contributed by atoms with Crippen LogP contribution in [0.4, 0.5) is 52.0 Å². The molecule has 0 aliphatic rings. The second kappa shape index (κ2) is 21.5. The lowest BCUT2D eigenvalue weighted by Crippen LogP contribution is -2.17. The van der Waals surface area contributed by atoms with Crippen LogP contribution in [0.1, 0.15) is 6.42 Å². The van der Waals surface area contributed by atoms with E-state index in [1.807, 2.05) is 0 Å². The van der Waals surface area contributed by atoms with Crippen LogP contribution in [0.5, 0.6) is 5.75 Å². The van der Waals surface area contributed by atoms with Gasteiger partial charge in [0.15, 0.2) is 0 Å². The van der Waals surface area contributed by atoms with Crippen LogP contribution in [0.2, 0.25) is 0 Å². The van der Waals surface area contributed by atoms with Crippen LogP contribution in [0, 0.1) is 0 Å². The molecule has 0 saturated heterocycles. The molecule has 0 bridgehead atoms. The molecule has 1 aromatic heterocycles. The van der Waals surface area contributed by atoms with E-state index in [9.17, 15) is 51.9 Å². The summed E-state index contributed by atoms with van der Waals surface area (Å²) < 4.78 is 141. The number of nitrogens with zero attached hydrogens (tertiary/aromatic N) is 7. The summed E-state index contributed by atoms with van der Waals surface area (Å²) in [5.74, 6) is -1.49. The zero-order valence-electron chi connectivity index (χ0n) is 33.7. The molecule has 0 atom stereocenters. The monoisotopic (exact) mass is 1020 g/mol. The average Bonchev–Trinajstić information content (AvgIpc) is 3.25. The van der Waals surface area contributed by atoms with Gasteiger partial charge in [0.05, 0.1) is 63.5 Å². The van der Waals surface area contributed by atoms with Crippen molar-refractivity contribution in [3.05, 3.63) is 97.1 Å². The van der Waals surface area contributed by atoms with Gasteiger partial charge in [0, 0.05) is 28.6 Å². The van der Waals surface area contributed by atoms with Crippen LogP contribution in [-0.4, -0.2) is 96.7 Å². The van der Waals surface area contributed by atoms with E-state index in [2.05, 4.69) is 60.7 Å². The molecule has 0 unspecified atom stereocenters. The Kier molecular flexibility index (Phi) is 16.1. The fourth-order valence-corrected chi connectivity index (χ4v) is 8.07. The average molecular weight is 1020 g/mol. The van der Waals surface area contributed by atoms with Crippen molar-refractivity contribution in [2.24, 2.45) is 20.5 Å². The highest BCUT2D eigenvalue weighted by Gasteiger charge is 2.21. The Morgan fingerprint density at radius 1 is 0.597 bits per heavy atom. The number of hydrogen-bond donors (Lipinski definition) is 8. The van der Waals surface area contributed by atoms with Gasteiger partial charge in [-0.05, 0) is 96.7 Å². The van der Waals surface area contributed by atoms with Gasteiger partial charge >= 0.3 is 0 Å². The van der Waals surface area contributed by atoms with Gasteiger partial charge in [0.1, 0.15) is 10.6 Å². The van der Waals surface area contributed by atoms with Gasteiger partial charge < -0.3 is 20.7 Å². The first-order valence-corrected chi connectivity index (χ1v) is 25.4. The molecule has 1 heterocycles. The van der Waals surface area contributed by atoms with Gasteiger partial charge in [-0.3, -0.25) is 18.2 Å². The van der Waals surface area contributed by atoms with Crippen molar-refractivity contribution in [3.8, 4) is 5.75 Å². The molecule has 8 N–H and O–H groups in total. The minimum Gasteiger partial charge on any atom is -0.491 e. The van der Waals surface area contributed by atoms with Gasteiger partial charge in [-0.15, -0.1) is 4.33 Å². The van der Waals surface area contributed by atoms with Crippen LogP contribution in [0.3, 0.4) is 0 Å². The second-order valence-corrected chi connectivity index (χ2v) is 20.1. The Balaban J connectivity index is 1.24. The highest BCUT2D eigenvalue weighted by Crippen LogP contribution is 2.34. The lowest BCUT2D eigenvalue weighted by molar-refractivity contribution is -0.432. The predicted molar refractivity (Wildman–Crippen MR) is 240 cm³/mol. The number of hydrogen-bond acceptors (Lipinski definition) is 23. The maximum atomic E-state index is 12.0. The number of anilines is 5. The number of benzene rings is 5. The van der Waals surface area contributed by atoms with E-state index >= 15 is 0 Å². The third-order valence-corrected chi connectivity index (χ3v) is 12.3. The third kappa shape index (κ3) is 15.6. The maximum absolute atomic E-state index is 12.0. The van der Waals surface area contributed by atoms with Crippen molar-refractivity contribution in [1.82, 2.24) is 15.0 Å². The molecule has 31 heteroatoms. The number of ether oxygens (including phenoxy) is 1. The summed E-state index contributed by atoms with van der Waals surface area (Å²) in [6.45, 7) is -0.482. The molecule has 5 aromatic carbocycles. The molecule has 67 heavy (non-hydrogen) atoms. The molecule has 0 aliphatic heterocycles. The first-order chi connectivity index (χ1) is 31.6. The van der Waals surface area contributed by atoms with E-state index < -0.39 is 61.8 Å². The Morgan fingerprint density at radius 3 is 1.78 bits per heavy atom. The number of fused-ring (bicyclic) bond motifs is 1. The van der Waals surface area contributed by atoms with Gasteiger partial charge in [0.2, 0.25) is 17.8 Å². The van der Waals surface area contributed by atoms with Gasteiger partial charge in [-0.25, -0.2) is 5.26 Å². The Bertz CT molecular complexity index is 3280. The topological polar surface area (TPSA) is 390 Å². The molecule has 0 aliphatic carbocycles. The van der Waals surface area contributed by atoms with Crippen molar-refractivity contribution in [1.29, 1.82) is 0 Å². The molecule has 0 fully saturated rings. The zero-order chi connectivity index (χ0) is 48.4. The SMILES string of the molecule is O=S(=O)(O)CCCOc1cc(N=Nc2ccc(SOOO)cc2)ccc1Nc1nc(NCCS(=O)(=O)O)nc(Nc2ccc(N=Nc3ccc4c(S(=O)(=O)O)cc(S(=O)(=O)O)cc4c3)cc2)n1. The van der Waals surface area contributed by atoms with E-state index in [-0.39, 0.29) is 65.3 Å². The van der Waals surface area contributed by atoms with E-state index in [1.54, 1.807) is 42.5 Å². The van der Waals surface area contributed by atoms with Crippen molar-refractivity contribution in [3.63, 3.8) is 0 Å². The first-order valence-electron chi connectivity index (χ1n) is 18.5. The molecule has 354 valence electrons. The lowest BCUT2D eigenvalue weighted by Gasteiger charge is -2.15. The minimum atomic E-state index is -4.89. The molecule has 6 rings (SSSR count). The number of azo groups is 2. The summed E-state index contributed by atoms with van der Waals surface area (Å²) in [4.78, 5) is 12.0. The van der Waals surface area contributed by atoms with Crippen molar-refractivity contribution in [2.75, 3.05) is 40.6 Å². The Morgan fingerprint density at radius 2 is 1.16 bits per heavy atom. The molecule has 0 radical (unpaired) electrons. The van der Waals surface area contributed by atoms with Crippen LogP contribution in [0.15, 0.2) is 132 Å². The largest absolute Gasteiger partial charge is 0.491 e. The van der Waals surface area contributed by atoms with Crippen molar-refractivity contribution < 1.29 is 71.2 Å². The number of aromatic nitrogens is 3. The fourth-order valence-electron chi connectivity index (χ4n) is 5.51. The fraction of sp³-hybridized carbons (Fsp3) is 0.139. The number of nitrogens with one attached hydrogen (secondary N) is 3. The summed E-state index contributed by atoms with van der Waals surface area (Å²) in [6.07, 6.45) is -0.0917. The first kappa shape index (κ1) is 50.1. The highest BCUT2D eigenvalue weighted by atomic mass is 32.2. The molecule has 6 aromatic rings. The zero-order valence-corrected chi connectivity index (χ0v) is 37.8. The minimum absolute atomic E-state index is 0.0114. The van der Waals surface area contributed by atoms with Gasteiger partial charge in [0.25, 0.3) is 40.5 Å². The van der Waals surface area contributed by atoms with Crippen LogP contribution >= 0.6 is 12.0 Å². The summed E-state index contributed by atoms with van der Waals surface area (Å²) in [5, 5.41) is 37.2. The third-order valence-electron chi connectivity index (χ3n) is 8.42. The molecular formula is C36H34N10O16S5. The van der Waals surface area contributed by atoms with Crippen LogP contribution in [-0.2, 0) is 49.8 Å². The van der Waals surface area contributed by atoms with E-state index in [4.69, 9.17) is 9.99 Å². The lowest BCUT2D eigenvalue weighted by atomic mass is 10.1. The van der Waals surface area contributed by atoms with Crippen molar-refractivity contribution >= 4 is 115 Å². The van der Waals surface area contributed by atoms with E-state index in [0.717, 1.165) is 18.1 Å². The van der Waals surface area contributed by atoms with Crippen LogP contribution in [0.25, 0.3) is 10.8 Å². The summed E-state index contributed by atoms with van der Waals surface area (Å²) in [7, 11) is -18.4. The van der Waals surface area contributed by atoms with Gasteiger partial charge in [-0.1, -0.05) is 11.1 Å². The second-order valence-electron chi connectivity index (χ2n) is 13.4. The Labute approximate surface area is 384 Å². The maximum Gasteiger partial charge on any atom is 0.295 e. The van der Waals surface area contributed by atoms with Gasteiger partial charge in [-0.2, -0.15) is 69.1 Å². The highest BCUT2D eigenvalue weighted by molar-refractivity contribution is 7.94. The van der Waals surface area contributed by atoms with E-state index in [0.29, 0.717) is 33.7 Å². The molecule has 0 amide bonds. The van der Waals surface area contributed by atoms with Crippen LogP contribution < -0.4 is 20.7 Å². The quantitative estimate of drug-likeness (QED) is 0.00830. The Hall–Kier alpha value is -6.36. The summed E-state index contributed by atoms with van der Waals surface area (Å²) in [5.41, 5.74) is 1.83. The molecule has 0 spiro atoms. The number of rotatable bonds is 22. The molecule has 26 nitrogen and oxygen atoms in total. The summed E-state index contributed by atoms with van der Waals surface area (Å²) in [6, 6.07) is 22.8.